The molecule has 0 atom stereocenters. The smallest absolute Gasteiger partial charge is 0.131 e. The summed E-state index contributed by atoms with van der Waals surface area (Å²) in [6, 6.07) is 1.89. The molecule has 0 aliphatic rings. The molecule has 4 heteroatoms. The van der Waals surface area contributed by atoms with Crippen molar-refractivity contribution in [2.75, 3.05) is 5.32 Å². The van der Waals surface area contributed by atoms with Crippen LogP contribution in [0.3, 0.4) is 0 Å². The lowest BCUT2D eigenvalue weighted by atomic mass is 9.82. The Morgan fingerprint density at radius 1 is 1.28 bits per heavy atom. The molecule has 1 aromatic rings. The van der Waals surface area contributed by atoms with Gasteiger partial charge in [0.15, 0.2) is 0 Å². The number of hydrogen-bond donors (Lipinski definition) is 2. The molecule has 1 heterocycles. The molecule has 1 rings (SSSR count). The maximum absolute atomic E-state index is 5.18. The van der Waals surface area contributed by atoms with Crippen molar-refractivity contribution < 1.29 is 0 Å². The van der Waals surface area contributed by atoms with Gasteiger partial charge in [0.05, 0.1) is 0 Å². The molecule has 0 aliphatic carbocycles. The van der Waals surface area contributed by atoms with Crippen LogP contribution in [0, 0.1) is 10.1 Å². The van der Waals surface area contributed by atoms with Crippen LogP contribution in [-0.2, 0) is 6.42 Å². The Morgan fingerprint density at radius 3 is 2.39 bits per heavy atom. The minimum atomic E-state index is 0.0168. The normalized spacial score (nSPS) is 12.6. The zero-order chi connectivity index (χ0) is 14.0. The van der Waals surface area contributed by atoms with Crippen molar-refractivity contribution in [1.29, 1.82) is 0 Å². The zero-order valence-corrected chi connectivity index (χ0v) is 13.2. The van der Waals surface area contributed by atoms with Gasteiger partial charge in [0, 0.05) is 18.0 Å². The van der Waals surface area contributed by atoms with Gasteiger partial charge in [-0.3, -0.25) is 0 Å². The number of hydrogen-bond acceptors (Lipinski definition) is 3. The molecule has 0 amide bonds. The highest BCUT2D eigenvalue weighted by molar-refractivity contribution is 7.71. The van der Waals surface area contributed by atoms with E-state index < -0.39 is 0 Å². The SMILES string of the molecule is CCc1nc(=S)cc(NC(C)(C)CC(C)(C)C)[nH]1. The lowest BCUT2D eigenvalue weighted by Crippen LogP contribution is -2.35. The number of H-pyrrole nitrogens is 1. The molecule has 0 aliphatic heterocycles. The highest BCUT2D eigenvalue weighted by atomic mass is 32.1. The van der Waals surface area contributed by atoms with Crippen molar-refractivity contribution in [3.63, 3.8) is 0 Å². The molecule has 1 aromatic heterocycles. The Bertz CT molecular complexity index is 455. The molecule has 2 N–H and O–H groups in total. The van der Waals surface area contributed by atoms with Crippen LogP contribution in [0.15, 0.2) is 6.07 Å². The molecule has 0 spiro atoms. The third-order valence-corrected chi connectivity index (χ3v) is 2.78. The van der Waals surface area contributed by atoms with Crippen LogP contribution < -0.4 is 5.32 Å². The molecule has 0 saturated carbocycles. The topological polar surface area (TPSA) is 40.7 Å². The molecule has 0 bridgehead atoms. The molecule has 0 radical (unpaired) electrons. The fourth-order valence-corrected chi connectivity index (χ4v) is 2.71. The van der Waals surface area contributed by atoms with Gasteiger partial charge in [-0.25, -0.2) is 4.98 Å². The Balaban J connectivity index is 2.90. The quantitative estimate of drug-likeness (QED) is 0.798. The van der Waals surface area contributed by atoms with Crippen molar-refractivity contribution in [1.82, 2.24) is 9.97 Å². The van der Waals surface area contributed by atoms with E-state index in [0.29, 0.717) is 4.64 Å². The second-order valence-corrected chi connectivity index (χ2v) is 7.10. The monoisotopic (exact) mass is 267 g/mol. The van der Waals surface area contributed by atoms with Crippen LogP contribution in [0.25, 0.3) is 0 Å². The molecule has 0 saturated heterocycles. The van der Waals surface area contributed by atoms with Crippen molar-refractivity contribution in [2.24, 2.45) is 5.41 Å². The minimum absolute atomic E-state index is 0.0168. The molecule has 0 fully saturated rings. The lowest BCUT2D eigenvalue weighted by Gasteiger charge is -2.34. The molecular formula is C14H25N3S. The lowest BCUT2D eigenvalue weighted by molar-refractivity contribution is 0.302. The van der Waals surface area contributed by atoms with Gasteiger partial charge in [0.25, 0.3) is 0 Å². The van der Waals surface area contributed by atoms with Crippen LogP contribution in [-0.4, -0.2) is 15.5 Å². The van der Waals surface area contributed by atoms with Crippen molar-refractivity contribution >= 4 is 18.0 Å². The number of anilines is 1. The first-order valence-corrected chi connectivity index (χ1v) is 6.90. The van der Waals surface area contributed by atoms with E-state index in [9.17, 15) is 0 Å². The number of nitrogens with one attached hydrogen (secondary N) is 2. The average molecular weight is 267 g/mol. The van der Waals surface area contributed by atoms with Gasteiger partial charge in [-0.15, -0.1) is 0 Å². The first kappa shape index (κ1) is 15.2. The van der Waals surface area contributed by atoms with E-state index in [-0.39, 0.29) is 11.0 Å². The van der Waals surface area contributed by atoms with E-state index in [1.54, 1.807) is 0 Å². The summed E-state index contributed by atoms with van der Waals surface area (Å²) in [4.78, 5) is 7.56. The molecule has 102 valence electrons. The van der Waals surface area contributed by atoms with Gasteiger partial charge in [0.2, 0.25) is 0 Å². The first-order chi connectivity index (χ1) is 8.11. The second kappa shape index (κ2) is 5.39. The average Bonchev–Trinajstić information content (AvgIpc) is 2.11. The number of rotatable bonds is 4. The zero-order valence-electron chi connectivity index (χ0n) is 12.3. The van der Waals surface area contributed by atoms with E-state index in [2.05, 4.69) is 56.8 Å². The fraction of sp³-hybridized carbons (Fsp3) is 0.714. The fourth-order valence-electron chi connectivity index (χ4n) is 2.48. The second-order valence-electron chi connectivity index (χ2n) is 6.68. The molecular weight excluding hydrogens is 242 g/mol. The van der Waals surface area contributed by atoms with Gasteiger partial charge in [-0.05, 0) is 25.7 Å². The first-order valence-electron chi connectivity index (χ1n) is 6.50. The van der Waals surface area contributed by atoms with Crippen LogP contribution in [0.4, 0.5) is 5.82 Å². The van der Waals surface area contributed by atoms with Crippen molar-refractivity contribution in [2.45, 2.75) is 59.9 Å². The van der Waals surface area contributed by atoms with Gasteiger partial charge in [0.1, 0.15) is 16.3 Å². The Kier molecular flexibility index (Phi) is 4.54. The maximum Gasteiger partial charge on any atom is 0.131 e. The van der Waals surface area contributed by atoms with Crippen molar-refractivity contribution in [3.8, 4) is 0 Å². The summed E-state index contributed by atoms with van der Waals surface area (Å²) in [5.74, 6) is 1.89. The third kappa shape index (κ3) is 5.17. The van der Waals surface area contributed by atoms with Crippen LogP contribution in [0.5, 0.6) is 0 Å². The highest BCUT2D eigenvalue weighted by Crippen LogP contribution is 2.29. The van der Waals surface area contributed by atoms with E-state index in [0.717, 1.165) is 24.5 Å². The van der Waals surface area contributed by atoms with Crippen LogP contribution in [0.2, 0.25) is 0 Å². The third-order valence-electron chi connectivity index (χ3n) is 2.57. The van der Waals surface area contributed by atoms with E-state index in [4.69, 9.17) is 12.2 Å². The van der Waals surface area contributed by atoms with Crippen molar-refractivity contribution in [3.05, 3.63) is 16.5 Å². The summed E-state index contributed by atoms with van der Waals surface area (Å²) >= 11 is 5.18. The molecule has 0 unspecified atom stereocenters. The predicted octanol–water partition coefficient (Wildman–Crippen LogP) is 4.33. The Labute approximate surface area is 115 Å². The standard InChI is InChI=1S/C14H25N3S/c1-7-10-15-11(8-12(18)16-10)17-14(5,6)9-13(2,3)4/h8H,7,9H2,1-6H3,(H2,15,16,17,18). The summed E-state index contributed by atoms with van der Waals surface area (Å²) in [6.45, 7) is 13.2. The minimum Gasteiger partial charge on any atom is -0.367 e. The number of aryl methyl sites for hydroxylation is 1. The molecule has 18 heavy (non-hydrogen) atoms. The predicted molar refractivity (Wildman–Crippen MR) is 80.6 cm³/mol. The van der Waals surface area contributed by atoms with Gasteiger partial charge in [-0.2, -0.15) is 0 Å². The number of nitrogens with zero attached hydrogens (tertiary/aromatic N) is 1. The van der Waals surface area contributed by atoms with Gasteiger partial charge < -0.3 is 10.3 Å². The van der Waals surface area contributed by atoms with Crippen LogP contribution >= 0.6 is 12.2 Å². The van der Waals surface area contributed by atoms with E-state index in [1.807, 2.05) is 6.07 Å². The largest absolute Gasteiger partial charge is 0.367 e. The van der Waals surface area contributed by atoms with Gasteiger partial charge >= 0.3 is 0 Å². The Morgan fingerprint density at radius 2 is 1.89 bits per heavy atom. The number of aromatic amines is 1. The van der Waals surface area contributed by atoms with Gasteiger partial charge in [-0.1, -0.05) is 39.9 Å². The number of aromatic nitrogens is 2. The molecule has 0 aromatic carbocycles. The van der Waals surface area contributed by atoms with Crippen LogP contribution in [0.1, 0.15) is 53.8 Å². The molecule has 3 nitrogen and oxygen atoms in total. The summed E-state index contributed by atoms with van der Waals surface area (Å²) in [5, 5.41) is 3.53. The summed E-state index contributed by atoms with van der Waals surface area (Å²) in [6.07, 6.45) is 1.93. The summed E-state index contributed by atoms with van der Waals surface area (Å²) < 4.78 is 0.639. The van der Waals surface area contributed by atoms with E-state index >= 15 is 0 Å². The Hall–Kier alpha value is -0.900. The highest BCUT2D eigenvalue weighted by Gasteiger charge is 2.25. The maximum atomic E-state index is 5.18. The van der Waals surface area contributed by atoms with E-state index in [1.165, 1.54) is 0 Å². The summed E-state index contributed by atoms with van der Waals surface area (Å²) in [5.41, 5.74) is 0.302. The summed E-state index contributed by atoms with van der Waals surface area (Å²) in [7, 11) is 0.